The molecule has 1 aliphatic carbocycles. The molecule has 4 heteroatoms. The molecule has 1 saturated heterocycles. The maximum absolute atomic E-state index is 6.80. The van der Waals surface area contributed by atoms with Gasteiger partial charge in [-0.15, -0.1) is 0 Å². The summed E-state index contributed by atoms with van der Waals surface area (Å²) in [6.45, 7) is 18.1. The zero-order chi connectivity index (χ0) is 14.5. The third-order valence-electron chi connectivity index (χ3n) is 6.48. The quantitative estimate of drug-likeness (QED) is 0.598. The lowest BCUT2D eigenvalue weighted by Crippen LogP contribution is -2.80. The molecule has 0 amide bonds. The lowest BCUT2D eigenvalue weighted by Gasteiger charge is -2.62. The van der Waals surface area contributed by atoms with E-state index >= 15 is 0 Å². The predicted molar refractivity (Wildman–Crippen MR) is 93.4 cm³/mol. The van der Waals surface area contributed by atoms with Crippen molar-refractivity contribution in [3.8, 4) is 0 Å². The van der Waals surface area contributed by atoms with Crippen molar-refractivity contribution in [3.63, 3.8) is 0 Å². The standard InChI is InChI=1S/C15H34OSi3/c1-15(2)13-17(3,4)19(7,18(5,6)16-15)14-11-9-8-10-12-14/h14H,8-13H2,1-7H3. The van der Waals surface area contributed by atoms with Gasteiger partial charge in [0, 0.05) is 13.2 Å². The van der Waals surface area contributed by atoms with Gasteiger partial charge >= 0.3 is 0 Å². The van der Waals surface area contributed by atoms with Crippen LogP contribution in [0, 0.1) is 0 Å². The predicted octanol–water partition coefficient (Wildman–Crippen LogP) is 5.28. The Bertz CT molecular complexity index is 323. The molecule has 2 rings (SSSR count). The van der Waals surface area contributed by atoms with Crippen molar-refractivity contribution in [2.75, 3.05) is 0 Å². The number of hydrogen-bond donors (Lipinski definition) is 0. The molecule has 1 heterocycles. The summed E-state index contributed by atoms with van der Waals surface area (Å²) < 4.78 is 6.80. The first kappa shape index (κ1) is 16.0. The van der Waals surface area contributed by atoms with Gasteiger partial charge in [-0.3, -0.25) is 0 Å². The van der Waals surface area contributed by atoms with E-state index in [1.165, 1.54) is 38.1 Å². The zero-order valence-electron chi connectivity index (χ0n) is 14.2. The highest BCUT2D eigenvalue weighted by atomic mass is 29.6. The molecular weight excluding hydrogens is 280 g/mol. The molecule has 1 atom stereocenters. The van der Waals surface area contributed by atoms with Crippen LogP contribution in [-0.4, -0.2) is 28.1 Å². The maximum Gasteiger partial charge on any atom is 0.172 e. The first-order valence-electron chi connectivity index (χ1n) is 8.22. The Balaban J connectivity index is 2.39. The molecule has 2 fully saturated rings. The van der Waals surface area contributed by atoms with Crippen LogP contribution in [0.5, 0.6) is 0 Å². The van der Waals surface area contributed by atoms with E-state index in [0.717, 1.165) is 5.54 Å². The summed E-state index contributed by atoms with van der Waals surface area (Å²) in [5, 5.41) is 0. The minimum absolute atomic E-state index is 0.159. The molecule has 19 heavy (non-hydrogen) atoms. The van der Waals surface area contributed by atoms with Gasteiger partial charge in [-0.05, 0) is 38.5 Å². The lowest BCUT2D eigenvalue weighted by molar-refractivity contribution is 0.122. The van der Waals surface area contributed by atoms with Crippen LogP contribution in [0.25, 0.3) is 0 Å². The summed E-state index contributed by atoms with van der Waals surface area (Å²) in [5.41, 5.74) is 1.24. The summed E-state index contributed by atoms with van der Waals surface area (Å²) >= 11 is 0. The van der Waals surface area contributed by atoms with E-state index < -0.39 is 22.5 Å². The van der Waals surface area contributed by atoms with E-state index in [1.54, 1.807) is 0 Å². The molecular formula is C15H34OSi3. The Hall–Kier alpha value is 0.611. The molecule has 0 radical (unpaired) electrons. The van der Waals surface area contributed by atoms with Crippen molar-refractivity contribution in [1.82, 2.24) is 0 Å². The molecule has 0 aromatic carbocycles. The summed E-state index contributed by atoms with van der Waals surface area (Å²) in [7, 11) is -3.85. The van der Waals surface area contributed by atoms with Crippen LogP contribution >= 0.6 is 0 Å². The molecule has 0 N–H and O–H groups in total. The molecule has 0 bridgehead atoms. The summed E-state index contributed by atoms with van der Waals surface area (Å²) in [6, 6.07) is 1.40. The monoisotopic (exact) mass is 314 g/mol. The van der Waals surface area contributed by atoms with Crippen molar-refractivity contribution in [3.05, 3.63) is 0 Å². The number of hydrogen-bond acceptors (Lipinski definition) is 1. The average molecular weight is 315 g/mol. The molecule has 0 aromatic heterocycles. The van der Waals surface area contributed by atoms with Gasteiger partial charge in [-0.1, -0.05) is 51.7 Å². The molecule has 1 aliphatic heterocycles. The van der Waals surface area contributed by atoms with E-state index in [4.69, 9.17) is 4.43 Å². The first-order valence-corrected chi connectivity index (χ1v) is 18.9. The summed E-state index contributed by atoms with van der Waals surface area (Å²) in [5.74, 6) is 0. The van der Waals surface area contributed by atoms with E-state index in [-0.39, 0.29) is 5.60 Å². The van der Waals surface area contributed by atoms with Gasteiger partial charge in [0.25, 0.3) is 0 Å². The third-order valence-corrected chi connectivity index (χ3v) is 47.5. The van der Waals surface area contributed by atoms with Crippen molar-refractivity contribution in [2.24, 2.45) is 0 Å². The van der Waals surface area contributed by atoms with E-state index in [1.807, 2.05) is 0 Å². The highest BCUT2D eigenvalue weighted by Crippen LogP contribution is 2.52. The van der Waals surface area contributed by atoms with Crippen molar-refractivity contribution in [2.45, 2.75) is 95.9 Å². The highest BCUT2D eigenvalue weighted by Gasteiger charge is 2.65. The highest BCUT2D eigenvalue weighted by molar-refractivity contribution is 7.68. The largest absolute Gasteiger partial charge is 0.416 e. The minimum atomic E-state index is -1.50. The molecule has 2 aliphatic rings. The maximum atomic E-state index is 6.80. The molecule has 1 saturated carbocycles. The smallest absolute Gasteiger partial charge is 0.172 e. The van der Waals surface area contributed by atoms with E-state index in [0.29, 0.717) is 0 Å². The van der Waals surface area contributed by atoms with Crippen LogP contribution < -0.4 is 0 Å². The third kappa shape index (κ3) is 2.58. The van der Waals surface area contributed by atoms with Crippen LogP contribution in [0.2, 0.25) is 44.3 Å². The molecule has 112 valence electrons. The van der Waals surface area contributed by atoms with Crippen LogP contribution in [0.3, 0.4) is 0 Å². The first-order chi connectivity index (χ1) is 8.52. The Morgan fingerprint density at radius 3 is 1.89 bits per heavy atom. The second-order valence-electron chi connectivity index (χ2n) is 8.97. The van der Waals surface area contributed by atoms with Gasteiger partial charge in [0.1, 0.15) is 0 Å². The summed E-state index contributed by atoms with van der Waals surface area (Å²) in [4.78, 5) is 0. The van der Waals surface area contributed by atoms with Gasteiger partial charge in [0.15, 0.2) is 7.83 Å². The van der Waals surface area contributed by atoms with Gasteiger partial charge in [0.05, 0.1) is 7.11 Å². The van der Waals surface area contributed by atoms with E-state index in [2.05, 4.69) is 46.6 Å². The Morgan fingerprint density at radius 1 is 0.895 bits per heavy atom. The van der Waals surface area contributed by atoms with Crippen molar-refractivity contribution < 1.29 is 4.43 Å². The molecule has 0 aromatic rings. The zero-order valence-corrected chi connectivity index (χ0v) is 17.2. The second-order valence-corrected chi connectivity index (χ2v) is 34.9. The number of rotatable bonds is 1. The van der Waals surface area contributed by atoms with Gasteiger partial charge < -0.3 is 4.43 Å². The summed E-state index contributed by atoms with van der Waals surface area (Å²) in [6.07, 6.45) is 7.52. The van der Waals surface area contributed by atoms with Crippen LogP contribution in [0.15, 0.2) is 0 Å². The lowest BCUT2D eigenvalue weighted by atomic mass is 10.0. The molecule has 0 spiro atoms. The second kappa shape index (κ2) is 4.82. The fourth-order valence-corrected chi connectivity index (χ4v) is 47.9. The topological polar surface area (TPSA) is 9.23 Å². The molecule has 1 nitrogen and oxygen atoms in total. The fourth-order valence-electron chi connectivity index (χ4n) is 5.62. The van der Waals surface area contributed by atoms with Crippen molar-refractivity contribution >= 4 is 22.5 Å². The van der Waals surface area contributed by atoms with E-state index in [9.17, 15) is 0 Å². The van der Waals surface area contributed by atoms with Crippen LogP contribution in [0.1, 0.15) is 46.0 Å². The minimum Gasteiger partial charge on any atom is -0.416 e. The van der Waals surface area contributed by atoms with Gasteiger partial charge in [-0.25, -0.2) is 0 Å². The molecule has 1 unspecified atom stereocenters. The van der Waals surface area contributed by atoms with Gasteiger partial charge in [-0.2, -0.15) is 0 Å². The Labute approximate surface area is 123 Å². The van der Waals surface area contributed by atoms with Gasteiger partial charge in [0.2, 0.25) is 0 Å². The van der Waals surface area contributed by atoms with Crippen molar-refractivity contribution in [1.29, 1.82) is 0 Å². The Morgan fingerprint density at radius 2 is 1.42 bits per heavy atom. The SMILES string of the molecule is CC1(C)C[Si](C)(C)[Si](C)(C2CCCCC2)[Si](C)(C)O1. The van der Waals surface area contributed by atoms with Crippen LogP contribution in [0.4, 0.5) is 0 Å². The fraction of sp³-hybridized carbons (Fsp3) is 1.00. The normalized spacial score (nSPS) is 38.1. The van der Waals surface area contributed by atoms with Crippen LogP contribution in [-0.2, 0) is 4.43 Å². The Kier molecular flexibility index (Phi) is 4.05. The average Bonchev–Trinajstić information content (AvgIpc) is 2.24.